The Hall–Kier alpha value is -2.57. The zero-order valence-electron chi connectivity index (χ0n) is 16.8. The van der Waals surface area contributed by atoms with Crippen LogP contribution < -0.4 is 9.64 Å². The van der Waals surface area contributed by atoms with Crippen molar-refractivity contribution >= 4 is 26.5 Å². The Morgan fingerprint density at radius 3 is 2.21 bits per heavy atom. The fourth-order valence-electron chi connectivity index (χ4n) is 4.07. The van der Waals surface area contributed by atoms with Crippen molar-refractivity contribution in [3.05, 3.63) is 66.2 Å². The van der Waals surface area contributed by atoms with Crippen LogP contribution >= 0.6 is 0 Å². The first-order valence-corrected chi connectivity index (χ1v) is 11.4. The van der Waals surface area contributed by atoms with E-state index in [0.29, 0.717) is 42.2 Å². The van der Waals surface area contributed by atoms with E-state index in [1.54, 1.807) is 23.5 Å². The minimum absolute atomic E-state index is 0.344. The van der Waals surface area contributed by atoms with Gasteiger partial charge >= 0.3 is 0 Å². The van der Waals surface area contributed by atoms with Crippen LogP contribution in [0.25, 0.3) is 10.8 Å². The molecule has 1 aliphatic rings. The zero-order chi connectivity index (χ0) is 20.4. The van der Waals surface area contributed by atoms with Crippen molar-refractivity contribution in [1.29, 1.82) is 0 Å². The van der Waals surface area contributed by atoms with Gasteiger partial charge in [-0.1, -0.05) is 49.4 Å². The maximum absolute atomic E-state index is 13.4. The Balaban J connectivity index is 1.61. The van der Waals surface area contributed by atoms with Crippen molar-refractivity contribution in [2.45, 2.75) is 18.2 Å². The van der Waals surface area contributed by atoms with Crippen molar-refractivity contribution in [1.82, 2.24) is 4.31 Å². The van der Waals surface area contributed by atoms with E-state index in [1.165, 1.54) is 11.3 Å². The molecule has 4 rings (SSSR count). The molecule has 6 heteroatoms. The van der Waals surface area contributed by atoms with Gasteiger partial charge in [-0.25, -0.2) is 8.42 Å². The topological polar surface area (TPSA) is 49.9 Å². The molecule has 0 N–H and O–H groups in total. The highest BCUT2D eigenvalue weighted by atomic mass is 32.2. The molecule has 0 saturated carbocycles. The van der Waals surface area contributed by atoms with Crippen LogP contribution in [0.4, 0.5) is 5.69 Å². The van der Waals surface area contributed by atoms with Gasteiger partial charge in [-0.3, -0.25) is 0 Å². The SMILES string of the molecule is CCc1ccccc1N1CCN(S(=O)(=O)c2ccc(OC)c3ccccc23)CC1. The summed E-state index contributed by atoms with van der Waals surface area (Å²) in [6, 6.07) is 19.3. The molecule has 0 spiro atoms. The zero-order valence-corrected chi connectivity index (χ0v) is 17.7. The lowest BCUT2D eigenvalue weighted by Crippen LogP contribution is -2.48. The minimum atomic E-state index is -3.58. The summed E-state index contributed by atoms with van der Waals surface area (Å²) in [7, 11) is -1.98. The Morgan fingerprint density at radius 2 is 1.52 bits per heavy atom. The number of sulfonamides is 1. The molecule has 0 atom stereocenters. The first-order valence-electron chi connectivity index (χ1n) is 9.95. The third-order valence-electron chi connectivity index (χ3n) is 5.63. The summed E-state index contributed by atoms with van der Waals surface area (Å²) in [5, 5.41) is 1.51. The van der Waals surface area contributed by atoms with Crippen LogP contribution in [-0.2, 0) is 16.4 Å². The van der Waals surface area contributed by atoms with Gasteiger partial charge in [0, 0.05) is 42.6 Å². The van der Waals surface area contributed by atoms with Gasteiger partial charge in [-0.05, 0) is 30.2 Å². The Kier molecular flexibility index (Phi) is 5.48. The molecule has 1 aliphatic heterocycles. The van der Waals surface area contributed by atoms with Gasteiger partial charge in [0.1, 0.15) is 5.75 Å². The van der Waals surface area contributed by atoms with Crippen LogP contribution in [-0.4, -0.2) is 46.0 Å². The number of rotatable bonds is 5. The lowest BCUT2D eigenvalue weighted by Gasteiger charge is -2.36. The molecule has 29 heavy (non-hydrogen) atoms. The first-order chi connectivity index (χ1) is 14.1. The van der Waals surface area contributed by atoms with Crippen molar-refractivity contribution < 1.29 is 13.2 Å². The quantitative estimate of drug-likeness (QED) is 0.640. The van der Waals surface area contributed by atoms with Crippen molar-refractivity contribution in [2.24, 2.45) is 0 Å². The Labute approximate surface area is 172 Å². The molecule has 152 valence electrons. The van der Waals surface area contributed by atoms with E-state index in [4.69, 9.17) is 4.74 Å². The molecule has 1 saturated heterocycles. The highest BCUT2D eigenvalue weighted by Crippen LogP contribution is 2.33. The van der Waals surface area contributed by atoms with E-state index in [1.807, 2.05) is 30.3 Å². The van der Waals surface area contributed by atoms with E-state index >= 15 is 0 Å². The number of hydrogen-bond donors (Lipinski definition) is 0. The second-order valence-electron chi connectivity index (χ2n) is 7.18. The Bertz CT molecular complexity index is 1120. The van der Waals surface area contributed by atoms with Crippen LogP contribution in [0.3, 0.4) is 0 Å². The van der Waals surface area contributed by atoms with Crippen LogP contribution in [0.2, 0.25) is 0 Å². The standard InChI is InChI=1S/C23H26N2O3S/c1-3-18-8-4-7-11-21(18)24-14-16-25(17-15-24)29(26,27)23-13-12-22(28-2)19-9-5-6-10-20(19)23/h4-13H,3,14-17H2,1-2H3. The van der Waals surface area contributed by atoms with E-state index in [9.17, 15) is 8.42 Å². The molecule has 3 aromatic carbocycles. The van der Waals surface area contributed by atoms with Gasteiger partial charge in [-0.2, -0.15) is 4.31 Å². The molecule has 1 fully saturated rings. The lowest BCUT2D eigenvalue weighted by atomic mass is 10.1. The van der Waals surface area contributed by atoms with Gasteiger partial charge in [0.2, 0.25) is 10.0 Å². The molecule has 0 aromatic heterocycles. The monoisotopic (exact) mass is 410 g/mol. The second-order valence-corrected chi connectivity index (χ2v) is 9.09. The molecular formula is C23H26N2O3S. The second kappa shape index (κ2) is 8.05. The average Bonchev–Trinajstić information content (AvgIpc) is 2.78. The third-order valence-corrected chi connectivity index (χ3v) is 7.59. The van der Waals surface area contributed by atoms with Crippen molar-refractivity contribution in [2.75, 3.05) is 38.2 Å². The number of fused-ring (bicyclic) bond motifs is 1. The number of nitrogens with zero attached hydrogens (tertiary/aromatic N) is 2. The molecule has 0 aliphatic carbocycles. The summed E-state index contributed by atoms with van der Waals surface area (Å²) < 4.78 is 33.9. The number of methoxy groups -OCH3 is 1. The predicted octanol–water partition coefficient (Wildman–Crippen LogP) is 3.92. The summed E-state index contributed by atoms with van der Waals surface area (Å²) >= 11 is 0. The van der Waals surface area contributed by atoms with Crippen LogP contribution in [0.5, 0.6) is 5.75 Å². The molecule has 3 aromatic rings. The number of piperazine rings is 1. The van der Waals surface area contributed by atoms with Gasteiger partial charge in [-0.15, -0.1) is 0 Å². The minimum Gasteiger partial charge on any atom is -0.496 e. The smallest absolute Gasteiger partial charge is 0.243 e. The predicted molar refractivity (Wildman–Crippen MR) is 117 cm³/mol. The van der Waals surface area contributed by atoms with Crippen LogP contribution in [0.15, 0.2) is 65.6 Å². The fraction of sp³-hybridized carbons (Fsp3) is 0.304. The lowest BCUT2D eigenvalue weighted by molar-refractivity contribution is 0.385. The number of benzene rings is 3. The highest BCUT2D eigenvalue weighted by Gasteiger charge is 2.30. The van der Waals surface area contributed by atoms with Crippen LogP contribution in [0, 0.1) is 0 Å². The Morgan fingerprint density at radius 1 is 0.862 bits per heavy atom. The van der Waals surface area contributed by atoms with Gasteiger partial charge < -0.3 is 9.64 Å². The maximum atomic E-state index is 13.4. The molecule has 0 bridgehead atoms. The molecule has 5 nitrogen and oxygen atoms in total. The number of para-hydroxylation sites is 1. The molecule has 1 heterocycles. The summed E-state index contributed by atoms with van der Waals surface area (Å²) in [5.41, 5.74) is 2.51. The summed E-state index contributed by atoms with van der Waals surface area (Å²) in [6.07, 6.45) is 0.965. The average molecular weight is 411 g/mol. The molecule has 0 unspecified atom stereocenters. The summed E-state index contributed by atoms with van der Waals surface area (Å²) in [6.45, 7) is 4.46. The summed E-state index contributed by atoms with van der Waals surface area (Å²) in [5.74, 6) is 0.681. The number of aryl methyl sites for hydroxylation is 1. The fourth-order valence-corrected chi connectivity index (χ4v) is 5.69. The maximum Gasteiger partial charge on any atom is 0.243 e. The van der Waals surface area contributed by atoms with E-state index in [2.05, 4.69) is 30.0 Å². The van der Waals surface area contributed by atoms with Gasteiger partial charge in [0.15, 0.2) is 0 Å². The number of anilines is 1. The van der Waals surface area contributed by atoms with E-state index in [0.717, 1.165) is 11.8 Å². The molecule has 0 amide bonds. The summed E-state index contributed by atoms with van der Waals surface area (Å²) in [4.78, 5) is 2.63. The molecule has 0 radical (unpaired) electrons. The van der Waals surface area contributed by atoms with Gasteiger partial charge in [0.25, 0.3) is 0 Å². The normalized spacial score (nSPS) is 15.6. The highest BCUT2D eigenvalue weighted by molar-refractivity contribution is 7.89. The van der Waals surface area contributed by atoms with E-state index in [-0.39, 0.29) is 0 Å². The number of hydrogen-bond acceptors (Lipinski definition) is 4. The largest absolute Gasteiger partial charge is 0.496 e. The number of ether oxygens (including phenoxy) is 1. The van der Waals surface area contributed by atoms with Crippen molar-refractivity contribution in [3.8, 4) is 5.75 Å². The molecular weight excluding hydrogens is 384 g/mol. The van der Waals surface area contributed by atoms with Gasteiger partial charge in [0.05, 0.1) is 12.0 Å². The van der Waals surface area contributed by atoms with Crippen LogP contribution in [0.1, 0.15) is 12.5 Å². The first kappa shape index (κ1) is 19.7. The third kappa shape index (κ3) is 3.58. The van der Waals surface area contributed by atoms with Crippen molar-refractivity contribution in [3.63, 3.8) is 0 Å². The van der Waals surface area contributed by atoms with E-state index < -0.39 is 10.0 Å².